The molecule has 0 saturated carbocycles. The summed E-state index contributed by atoms with van der Waals surface area (Å²) in [6.07, 6.45) is 2.01. The van der Waals surface area contributed by atoms with Gasteiger partial charge in [0.25, 0.3) is 0 Å². The van der Waals surface area contributed by atoms with Crippen molar-refractivity contribution in [2.24, 2.45) is 0 Å². The Morgan fingerprint density at radius 3 is 2.65 bits per heavy atom. The van der Waals surface area contributed by atoms with Gasteiger partial charge in [-0.1, -0.05) is 37.3 Å². The molecule has 0 spiro atoms. The van der Waals surface area contributed by atoms with Crippen LogP contribution in [0.1, 0.15) is 25.0 Å². The van der Waals surface area contributed by atoms with E-state index in [2.05, 4.69) is 55.6 Å². The van der Waals surface area contributed by atoms with Gasteiger partial charge in [-0.25, -0.2) is 0 Å². The smallest absolute Gasteiger partial charge is 0.122 e. The Bertz CT molecular complexity index is 551. The summed E-state index contributed by atoms with van der Waals surface area (Å²) in [5.41, 5.74) is 3.79. The van der Waals surface area contributed by atoms with Gasteiger partial charge in [0, 0.05) is 11.7 Å². The molecule has 2 aromatic carbocycles. The summed E-state index contributed by atoms with van der Waals surface area (Å²) in [4.78, 5) is 0. The van der Waals surface area contributed by atoms with Crippen LogP contribution >= 0.6 is 0 Å². The molecule has 0 aromatic heterocycles. The second-order valence-corrected chi connectivity index (χ2v) is 5.12. The SMILES string of the molecule is CCc1cccc(NC(C)Cc2ccccc2OC)c1. The number of hydrogen-bond donors (Lipinski definition) is 1. The highest BCUT2D eigenvalue weighted by Gasteiger charge is 2.08. The Kier molecular flexibility index (Phi) is 5.05. The molecule has 1 unspecified atom stereocenters. The van der Waals surface area contributed by atoms with Crippen molar-refractivity contribution < 1.29 is 4.74 Å². The van der Waals surface area contributed by atoms with E-state index >= 15 is 0 Å². The largest absolute Gasteiger partial charge is 0.496 e. The molecule has 0 heterocycles. The Labute approximate surface area is 121 Å². The lowest BCUT2D eigenvalue weighted by Crippen LogP contribution is -2.18. The molecular formula is C18H23NO. The predicted octanol–water partition coefficient (Wildman–Crippen LogP) is 4.30. The molecule has 1 atom stereocenters. The molecule has 20 heavy (non-hydrogen) atoms. The summed E-state index contributed by atoms with van der Waals surface area (Å²) in [7, 11) is 1.72. The second-order valence-electron chi connectivity index (χ2n) is 5.12. The normalized spacial score (nSPS) is 11.9. The third-order valence-electron chi connectivity index (χ3n) is 3.47. The maximum Gasteiger partial charge on any atom is 0.122 e. The Balaban J connectivity index is 2.03. The number of rotatable bonds is 6. The van der Waals surface area contributed by atoms with Crippen LogP contribution in [0, 0.1) is 0 Å². The fraction of sp³-hybridized carbons (Fsp3) is 0.333. The van der Waals surface area contributed by atoms with Gasteiger partial charge in [-0.3, -0.25) is 0 Å². The molecule has 0 aliphatic heterocycles. The molecule has 2 heteroatoms. The van der Waals surface area contributed by atoms with Gasteiger partial charge < -0.3 is 10.1 Å². The zero-order valence-corrected chi connectivity index (χ0v) is 12.5. The molecule has 0 aliphatic rings. The van der Waals surface area contributed by atoms with Crippen LogP contribution in [0.5, 0.6) is 5.75 Å². The third kappa shape index (κ3) is 3.77. The maximum atomic E-state index is 5.41. The lowest BCUT2D eigenvalue weighted by atomic mass is 10.1. The van der Waals surface area contributed by atoms with Crippen molar-refractivity contribution in [2.75, 3.05) is 12.4 Å². The number of benzene rings is 2. The van der Waals surface area contributed by atoms with Gasteiger partial charge in [0.15, 0.2) is 0 Å². The summed E-state index contributed by atoms with van der Waals surface area (Å²) in [6.45, 7) is 4.38. The average Bonchev–Trinajstić information content (AvgIpc) is 2.48. The minimum Gasteiger partial charge on any atom is -0.496 e. The first kappa shape index (κ1) is 14.4. The van der Waals surface area contributed by atoms with Gasteiger partial charge >= 0.3 is 0 Å². The van der Waals surface area contributed by atoms with Crippen LogP contribution in [0.4, 0.5) is 5.69 Å². The van der Waals surface area contributed by atoms with E-state index < -0.39 is 0 Å². The number of methoxy groups -OCH3 is 1. The van der Waals surface area contributed by atoms with Gasteiger partial charge in [0.05, 0.1) is 7.11 Å². The predicted molar refractivity (Wildman–Crippen MR) is 85.6 cm³/mol. The lowest BCUT2D eigenvalue weighted by molar-refractivity contribution is 0.409. The summed E-state index contributed by atoms with van der Waals surface area (Å²) in [6, 6.07) is 17.2. The van der Waals surface area contributed by atoms with Crippen molar-refractivity contribution in [3.05, 3.63) is 59.7 Å². The zero-order valence-electron chi connectivity index (χ0n) is 12.5. The van der Waals surface area contributed by atoms with E-state index in [9.17, 15) is 0 Å². The number of aryl methyl sites for hydroxylation is 1. The van der Waals surface area contributed by atoms with E-state index in [-0.39, 0.29) is 0 Å². The second kappa shape index (κ2) is 6.99. The van der Waals surface area contributed by atoms with E-state index in [1.165, 1.54) is 16.8 Å². The minimum atomic E-state index is 0.360. The van der Waals surface area contributed by atoms with E-state index in [1.807, 2.05) is 12.1 Å². The molecule has 2 aromatic rings. The fourth-order valence-corrected chi connectivity index (χ4v) is 2.42. The summed E-state index contributed by atoms with van der Waals surface area (Å²) in [5.74, 6) is 0.962. The molecule has 0 fully saturated rings. The van der Waals surface area contributed by atoms with Crippen molar-refractivity contribution in [1.29, 1.82) is 0 Å². The number of nitrogens with one attached hydrogen (secondary N) is 1. The van der Waals surface area contributed by atoms with E-state index in [4.69, 9.17) is 4.74 Å². The Hall–Kier alpha value is -1.96. The summed E-state index contributed by atoms with van der Waals surface area (Å²) < 4.78 is 5.41. The molecule has 1 N–H and O–H groups in total. The van der Waals surface area contributed by atoms with Gasteiger partial charge in [-0.2, -0.15) is 0 Å². The fourth-order valence-electron chi connectivity index (χ4n) is 2.42. The third-order valence-corrected chi connectivity index (χ3v) is 3.47. The minimum absolute atomic E-state index is 0.360. The van der Waals surface area contributed by atoms with Gasteiger partial charge in [0.1, 0.15) is 5.75 Å². The van der Waals surface area contributed by atoms with Crippen molar-refractivity contribution in [3.63, 3.8) is 0 Å². The first-order valence-electron chi connectivity index (χ1n) is 7.20. The molecule has 0 radical (unpaired) electrons. The van der Waals surface area contributed by atoms with E-state index in [1.54, 1.807) is 7.11 Å². The number of para-hydroxylation sites is 1. The van der Waals surface area contributed by atoms with E-state index in [0.717, 1.165) is 18.6 Å². The van der Waals surface area contributed by atoms with Crippen molar-refractivity contribution in [2.45, 2.75) is 32.7 Å². The molecule has 0 amide bonds. The molecular weight excluding hydrogens is 246 g/mol. The zero-order chi connectivity index (χ0) is 14.4. The van der Waals surface area contributed by atoms with Gasteiger partial charge in [-0.05, 0) is 49.1 Å². The summed E-state index contributed by atoms with van der Waals surface area (Å²) in [5, 5.41) is 3.56. The van der Waals surface area contributed by atoms with Gasteiger partial charge in [-0.15, -0.1) is 0 Å². The molecule has 2 rings (SSSR count). The lowest BCUT2D eigenvalue weighted by Gasteiger charge is -2.17. The average molecular weight is 269 g/mol. The van der Waals surface area contributed by atoms with Crippen LogP contribution in [0.3, 0.4) is 0 Å². The number of anilines is 1. The Morgan fingerprint density at radius 2 is 1.90 bits per heavy atom. The van der Waals surface area contributed by atoms with Crippen LogP contribution < -0.4 is 10.1 Å². The Morgan fingerprint density at radius 1 is 1.10 bits per heavy atom. The highest BCUT2D eigenvalue weighted by atomic mass is 16.5. The number of ether oxygens (including phenoxy) is 1. The van der Waals surface area contributed by atoms with Crippen molar-refractivity contribution in [3.8, 4) is 5.75 Å². The molecule has 0 bridgehead atoms. The monoisotopic (exact) mass is 269 g/mol. The quantitative estimate of drug-likeness (QED) is 0.844. The molecule has 106 valence electrons. The highest BCUT2D eigenvalue weighted by molar-refractivity contribution is 5.47. The molecule has 2 nitrogen and oxygen atoms in total. The van der Waals surface area contributed by atoms with Crippen molar-refractivity contribution in [1.82, 2.24) is 0 Å². The van der Waals surface area contributed by atoms with Crippen LogP contribution in [0.15, 0.2) is 48.5 Å². The molecule has 0 saturated heterocycles. The maximum absolute atomic E-state index is 5.41. The first-order chi connectivity index (χ1) is 9.72. The standard InChI is InChI=1S/C18H23NO/c1-4-15-8-7-10-17(13-15)19-14(2)12-16-9-5-6-11-18(16)20-3/h5-11,13-14,19H,4,12H2,1-3H3. The topological polar surface area (TPSA) is 21.3 Å². The van der Waals surface area contributed by atoms with Crippen LogP contribution in [-0.2, 0) is 12.8 Å². The van der Waals surface area contributed by atoms with E-state index in [0.29, 0.717) is 6.04 Å². The van der Waals surface area contributed by atoms with Crippen LogP contribution in [0.25, 0.3) is 0 Å². The first-order valence-corrected chi connectivity index (χ1v) is 7.20. The van der Waals surface area contributed by atoms with Crippen LogP contribution in [0.2, 0.25) is 0 Å². The summed E-state index contributed by atoms with van der Waals surface area (Å²) >= 11 is 0. The van der Waals surface area contributed by atoms with Gasteiger partial charge in [0.2, 0.25) is 0 Å². The van der Waals surface area contributed by atoms with Crippen LogP contribution in [-0.4, -0.2) is 13.2 Å². The molecule has 0 aliphatic carbocycles. The number of hydrogen-bond acceptors (Lipinski definition) is 2. The highest BCUT2D eigenvalue weighted by Crippen LogP contribution is 2.20. The van der Waals surface area contributed by atoms with Crippen molar-refractivity contribution >= 4 is 5.69 Å².